The molecule has 5 heteroatoms. The van der Waals surface area contributed by atoms with Gasteiger partial charge in [-0.2, -0.15) is 0 Å². The molecule has 11 rings (SSSR count). The first-order valence-corrected chi connectivity index (χ1v) is 17.2. The number of nitrogens with zero attached hydrogens (tertiary/aromatic N) is 4. The van der Waals surface area contributed by atoms with Crippen LogP contribution in [0.15, 0.2) is 175 Å². The van der Waals surface area contributed by atoms with Gasteiger partial charge in [0.2, 0.25) is 0 Å². The summed E-state index contributed by atoms with van der Waals surface area (Å²) in [5.41, 5.74) is 13.3. The van der Waals surface area contributed by atoms with E-state index in [1.165, 1.54) is 43.6 Å². The van der Waals surface area contributed by atoms with Gasteiger partial charge in [-0.3, -0.25) is 0 Å². The molecule has 0 aliphatic carbocycles. The van der Waals surface area contributed by atoms with Crippen molar-refractivity contribution in [1.29, 1.82) is 0 Å². The van der Waals surface area contributed by atoms with Gasteiger partial charge in [-0.15, -0.1) is 0 Å². The molecule has 0 amide bonds. The lowest BCUT2D eigenvalue weighted by atomic mass is 10.0. The van der Waals surface area contributed by atoms with Crippen LogP contribution in [0.25, 0.3) is 99.4 Å². The first-order valence-electron chi connectivity index (χ1n) is 17.2. The molecule has 0 spiro atoms. The molecule has 0 unspecified atom stereocenters. The summed E-state index contributed by atoms with van der Waals surface area (Å²) in [6.45, 7) is 0. The molecule has 238 valence electrons. The Bertz CT molecular complexity index is 3020. The number of fused-ring (bicyclic) bond motifs is 9. The Morgan fingerprint density at radius 3 is 1.35 bits per heavy atom. The maximum Gasteiger partial charge on any atom is 0.180 e. The molecule has 0 fully saturated rings. The van der Waals surface area contributed by atoms with Gasteiger partial charge in [0, 0.05) is 43.9 Å². The molecule has 0 bridgehead atoms. The van der Waals surface area contributed by atoms with Crippen LogP contribution in [0.1, 0.15) is 0 Å². The summed E-state index contributed by atoms with van der Waals surface area (Å²) in [5, 5.41) is 5.98. The molecule has 0 aliphatic heterocycles. The number of hydrogen-bond donors (Lipinski definition) is 0. The van der Waals surface area contributed by atoms with Gasteiger partial charge in [0.25, 0.3) is 0 Å². The molecule has 0 saturated carbocycles. The van der Waals surface area contributed by atoms with E-state index in [0.717, 1.165) is 50.2 Å². The summed E-state index contributed by atoms with van der Waals surface area (Å²) in [4.78, 5) is 9.42. The minimum absolute atomic E-state index is 0.691. The highest BCUT2D eigenvalue weighted by Gasteiger charge is 2.17. The van der Waals surface area contributed by atoms with Gasteiger partial charge >= 0.3 is 0 Å². The molecule has 0 radical (unpaired) electrons. The van der Waals surface area contributed by atoms with E-state index in [-0.39, 0.29) is 0 Å². The maximum atomic E-state index is 6.46. The van der Waals surface area contributed by atoms with E-state index in [4.69, 9.17) is 14.4 Å². The Hall–Kier alpha value is -6.98. The van der Waals surface area contributed by atoms with Gasteiger partial charge in [-0.05, 0) is 71.8 Å². The van der Waals surface area contributed by atoms with E-state index in [0.29, 0.717) is 5.58 Å². The zero-order chi connectivity index (χ0) is 33.5. The summed E-state index contributed by atoms with van der Waals surface area (Å²) in [7, 11) is 0. The highest BCUT2D eigenvalue weighted by molar-refractivity contribution is 6.11. The monoisotopic (exact) mass is 652 g/mol. The second-order valence-corrected chi connectivity index (χ2v) is 13.0. The lowest BCUT2D eigenvalue weighted by molar-refractivity contribution is 0.667. The lowest BCUT2D eigenvalue weighted by Gasteiger charge is -2.09. The van der Waals surface area contributed by atoms with E-state index in [1.807, 2.05) is 6.07 Å². The fourth-order valence-electron chi connectivity index (χ4n) is 7.93. The average Bonchev–Trinajstić information content (AvgIpc) is 3.86. The SMILES string of the molecule is c1ccc2c(c1)c1ccccc1n2-c1ccc(-c2ccc3oc4c(-c5ccc(-n6c7ccccc7c7ccccc76)cc5)ncnc4c3c2)cc1. The van der Waals surface area contributed by atoms with Crippen molar-refractivity contribution in [3.8, 4) is 33.8 Å². The molecule has 0 N–H and O–H groups in total. The van der Waals surface area contributed by atoms with Gasteiger partial charge in [-0.25, -0.2) is 9.97 Å². The van der Waals surface area contributed by atoms with Crippen LogP contribution in [0.4, 0.5) is 0 Å². The van der Waals surface area contributed by atoms with Crippen molar-refractivity contribution < 1.29 is 4.42 Å². The summed E-state index contributed by atoms with van der Waals surface area (Å²) in [6.07, 6.45) is 1.64. The Morgan fingerprint density at radius 2 is 0.843 bits per heavy atom. The topological polar surface area (TPSA) is 48.8 Å². The predicted molar refractivity (Wildman–Crippen MR) is 209 cm³/mol. The molecule has 51 heavy (non-hydrogen) atoms. The molecular formula is C46H28N4O. The second-order valence-electron chi connectivity index (χ2n) is 13.0. The smallest absolute Gasteiger partial charge is 0.180 e. The Labute approximate surface area is 292 Å². The normalized spacial score (nSPS) is 11.9. The zero-order valence-corrected chi connectivity index (χ0v) is 27.4. The van der Waals surface area contributed by atoms with Gasteiger partial charge in [-0.1, -0.05) is 103 Å². The predicted octanol–water partition coefficient (Wildman–Crippen LogP) is 11.9. The minimum atomic E-state index is 0.691. The molecule has 0 atom stereocenters. The second kappa shape index (κ2) is 10.8. The minimum Gasteiger partial charge on any atom is -0.452 e. The largest absolute Gasteiger partial charge is 0.452 e. The summed E-state index contributed by atoms with van der Waals surface area (Å²) < 4.78 is 11.1. The standard InChI is InChI=1S/C46H28N4O/c1-5-13-39-34(9-1)35-10-2-6-14-40(35)49(39)32-22-17-29(18-23-32)31-21-26-43-38(27-31)45-46(51-43)44(47-28-48-45)30-19-24-33(25-20-30)50-41-15-7-3-11-36(41)37-12-4-8-16-42(37)50/h1-28H. The van der Waals surface area contributed by atoms with Crippen LogP contribution in [0.2, 0.25) is 0 Å². The quantitative estimate of drug-likeness (QED) is 0.190. The van der Waals surface area contributed by atoms with Crippen molar-refractivity contribution in [1.82, 2.24) is 19.1 Å². The van der Waals surface area contributed by atoms with E-state index >= 15 is 0 Å². The molecule has 5 nitrogen and oxygen atoms in total. The summed E-state index contributed by atoms with van der Waals surface area (Å²) in [5.74, 6) is 0. The van der Waals surface area contributed by atoms with Gasteiger partial charge < -0.3 is 13.6 Å². The van der Waals surface area contributed by atoms with E-state index in [9.17, 15) is 0 Å². The zero-order valence-electron chi connectivity index (χ0n) is 27.4. The number of rotatable bonds is 4. The Morgan fingerprint density at radius 1 is 0.392 bits per heavy atom. The number of hydrogen-bond acceptors (Lipinski definition) is 3. The van der Waals surface area contributed by atoms with Crippen LogP contribution >= 0.6 is 0 Å². The van der Waals surface area contributed by atoms with Crippen molar-refractivity contribution in [3.63, 3.8) is 0 Å². The third kappa shape index (κ3) is 4.15. The first kappa shape index (κ1) is 27.9. The Balaban J connectivity index is 0.967. The van der Waals surface area contributed by atoms with E-state index in [2.05, 4.69) is 167 Å². The molecule has 11 aromatic rings. The van der Waals surface area contributed by atoms with E-state index < -0.39 is 0 Å². The fraction of sp³-hybridized carbons (Fsp3) is 0. The molecular weight excluding hydrogens is 625 g/mol. The first-order chi connectivity index (χ1) is 25.3. The molecule has 4 aromatic heterocycles. The number of benzene rings is 7. The van der Waals surface area contributed by atoms with Crippen LogP contribution in [0.3, 0.4) is 0 Å². The third-order valence-corrected chi connectivity index (χ3v) is 10.3. The van der Waals surface area contributed by atoms with Crippen LogP contribution in [0, 0.1) is 0 Å². The number of para-hydroxylation sites is 4. The highest BCUT2D eigenvalue weighted by Crippen LogP contribution is 2.38. The van der Waals surface area contributed by atoms with Crippen LogP contribution in [0.5, 0.6) is 0 Å². The molecule has 7 aromatic carbocycles. The summed E-state index contributed by atoms with van der Waals surface area (Å²) in [6, 6.07) is 58.0. The molecule has 0 aliphatic rings. The number of furan rings is 1. The van der Waals surface area contributed by atoms with Crippen molar-refractivity contribution in [2.24, 2.45) is 0 Å². The maximum absolute atomic E-state index is 6.46. The van der Waals surface area contributed by atoms with Gasteiger partial charge in [0.1, 0.15) is 23.1 Å². The van der Waals surface area contributed by atoms with Gasteiger partial charge in [0.15, 0.2) is 5.58 Å². The number of aromatic nitrogens is 4. The van der Waals surface area contributed by atoms with Gasteiger partial charge in [0.05, 0.1) is 22.1 Å². The third-order valence-electron chi connectivity index (χ3n) is 10.3. The van der Waals surface area contributed by atoms with Crippen molar-refractivity contribution in [2.45, 2.75) is 0 Å². The van der Waals surface area contributed by atoms with E-state index in [1.54, 1.807) is 6.33 Å². The van der Waals surface area contributed by atoms with Crippen LogP contribution < -0.4 is 0 Å². The fourth-order valence-corrected chi connectivity index (χ4v) is 7.93. The average molecular weight is 653 g/mol. The summed E-state index contributed by atoms with van der Waals surface area (Å²) >= 11 is 0. The van der Waals surface area contributed by atoms with Crippen LogP contribution in [-0.2, 0) is 0 Å². The molecule has 4 heterocycles. The van der Waals surface area contributed by atoms with Crippen molar-refractivity contribution in [2.75, 3.05) is 0 Å². The van der Waals surface area contributed by atoms with Crippen LogP contribution in [-0.4, -0.2) is 19.1 Å². The van der Waals surface area contributed by atoms with Crippen molar-refractivity contribution in [3.05, 3.63) is 170 Å². The highest BCUT2D eigenvalue weighted by atomic mass is 16.3. The molecule has 0 saturated heterocycles. The van der Waals surface area contributed by atoms with Crippen molar-refractivity contribution >= 4 is 65.7 Å². The lowest BCUT2D eigenvalue weighted by Crippen LogP contribution is -1.94. The Kier molecular flexibility index (Phi) is 5.89.